The molecule has 0 unspecified atom stereocenters. The molecule has 0 saturated heterocycles. The molecule has 0 fully saturated rings. The molecule has 9 nitrogen and oxygen atoms in total. The summed E-state index contributed by atoms with van der Waals surface area (Å²) in [5.41, 5.74) is 1.81. The Hall–Kier alpha value is -4.53. The molecule has 9 heteroatoms. The summed E-state index contributed by atoms with van der Waals surface area (Å²) in [6.07, 6.45) is 3.06. The van der Waals surface area contributed by atoms with Crippen molar-refractivity contribution in [3.05, 3.63) is 84.3 Å². The number of aromatic nitrogens is 4. The molecule has 0 spiro atoms. The highest BCUT2D eigenvalue weighted by molar-refractivity contribution is 6.24. The highest BCUT2D eigenvalue weighted by Crippen LogP contribution is 2.22. The number of carbonyl (C=O) groups is 2. The predicted octanol–water partition coefficient (Wildman–Crippen LogP) is 3.27. The van der Waals surface area contributed by atoms with E-state index in [2.05, 4.69) is 20.8 Å². The van der Waals surface area contributed by atoms with Crippen LogP contribution in [0.4, 0.5) is 5.69 Å². The second kappa shape index (κ2) is 9.09. The average Bonchev–Trinajstić information content (AvgIpc) is 3.49. The molecule has 0 aliphatic carbocycles. The van der Waals surface area contributed by atoms with Crippen molar-refractivity contribution in [2.75, 3.05) is 19.4 Å². The van der Waals surface area contributed by atoms with Crippen LogP contribution in [-0.2, 0) is 4.79 Å². The van der Waals surface area contributed by atoms with E-state index in [0.717, 1.165) is 5.56 Å². The molecule has 2 heterocycles. The lowest BCUT2D eigenvalue weighted by molar-refractivity contribution is -0.111. The molecule has 32 heavy (non-hydrogen) atoms. The smallest absolute Gasteiger partial charge is 0.274 e. The number of benzene rings is 2. The van der Waals surface area contributed by atoms with Gasteiger partial charge in [-0.25, -0.2) is 0 Å². The minimum Gasteiger partial charge on any atom is -0.465 e. The number of anilines is 1. The SMILES string of the molecule is CN(C)C(=O)c1cccc(NC(=O)/C(=C/c2ccco2)n2nnnc2-c2ccccc2)c1. The summed E-state index contributed by atoms with van der Waals surface area (Å²) < 4.78 is 6.75. The highest BCUT2D eigenvalue weighted by Gasteiger charge is 2.20. The summed E-state index contributed by atoms with van der Waals surface area (Å²) >= 11 is 0. The van der Waals surface area contributed by atoms with Gasteiger partial charge in [-0.3, -0.25) is 9.59 Å². The van der Waals surface area contributed by atoms with Gasteiger partial charge in [0.2, 0.25) is 0 Å². The van der Waals surface area contributed by atoms with Gasteiger partial charge in [0, 0.05) is 37.0 Å². The van der Waals surface area contributed by atoms with Crippen LogP contribution in [0.3, 0.4) is 0 Å². The number of furan rings is 1. The van der Waals surface area contributed by atoms with E-state index in [0.29, 0.717) is 22.8 Å². The molecule has 160 valence electrons. The third kappa shape index (κ3) is 4.46. The minimum absolute atomic E-state index is 0.146. The Kier molecular flexibility index (Phi) is 5.89. The fraction of sp³-hybridized carbons (Fsp3) is 0.0870. The molecule has 0 saturated carbocycles. The summed E-state index contributed by atoms with van der Waals surface area (Å²) in [4.78, 5) is 27.0. The Morgan fingerprint density at radius 2 is 1.84 bits per heavy atom. The maximum Gasteiger partial charge on any atom is 0.274 e. The number of amides is 2. The summed E-state index contributed by atoms with van der Waals surface area (Å²) in [5, 5.41) is 14.7. The molecule has 2 amide bonds. The Bertz CT molecular complexity index is 1260. The van der Waals surface area contributed by atoms with Crippen LogP contribution in [0.2, 0.25) is 0 Å². The van der Waals surface area contributed by atoms with Gasteiger partial charge in [0.1, 0.15) is 11.5 Å². The topological polar surface area (TPSA) is 106 Å². The van der Waals surface area contributed by atoms with Gasteiger partial charge in [-0.2, -0.15) is 4.68 Å². The second-order valence-corrected chi connectivity index (χ2v) is 7.06. The first-order chi connectivity index (χ1) is 15.5. The van der Waals surface area contributed by atoms with Gasteiger partial charge >= 0.3 is 0 Å². The van der Waals surface area contributed by atoms with Crippen LogP contribution < -0.4 is 5.32 Å². The first kappa shape index (κ1) is 20.7. The minimum atomic E-state index is -0.472. The van der Waals surface area contributed by atoms with Crippen molar-refractivity contribution in [2.24, 2.45) is 0 Å². The lowest BCUT2D eigenvalue weighted by Crippen LogP contribution is -2.22. The van der Waals surface area contributed by atoms with Crippen molar-refractivity contribution in [1.29, 1.82) is 0 Å². The Morgan fingerprint density at radius 1 is 1.03 bits per heavy atom. The molecule has 0 bridgehead atoms. The van der Waals surface area contributed by atoms with E-state index in [1.165, 1.54) is 15.8 Å². The van der Waals surface area contributed by atoms with Crippen molar-refractivity contribution in [1.82, 2.24) is 25.1 Å². The monoisotopic (exact) mass is 428 g/mol. The quantitative estimate of drug-likeness (QED) is 0.473. The van der Waals surface area contributed by atoms with Crippen LogP contribution in [0.25, 0.3) is 23.2 Å². The van der Waals surface area contributed by atoms with Crippen molar-refractivity contribution in [2.45, 2.75) is 0 Å². The molecular weight excluding hydrogens is 408 g/mol. The maximum atomic E-state index is 13.3. The molecule has 0 radical (unpaired) electrons. The fourth-order valence-electron chi connectivity index (χ4n) is 3.03. The van der Waals surface area contributed by atoms with Crippen molar-refractivity contribution in [3.63, 3.8) is 0 Å². The number of hydrogen-bond donors (Lipinski definition) is 1. The molecule has 4 aromatic rings. The van der Waals surface area contributed by atoms with Gasteiger partial charge in [0.15, 0.2) is 5.82 Å². The zero-order valence-corrected chi connectivity index (χ0v) is 17.5. The van der Waals surface area contributed by atoms with Crippen LogP contribution in [0.1, 0.15) is 16.1 Å². The van der Waals surface area contributed by atoms with Crippen molar-refractivity contribution < 1.29 is 14.0 Å². The highest BCUT2D eigenvalue weighted by atomic mass is 16.3. The first-order valence-electron chi connectivity index (χ1n) is 9.75. The van der Waals surface area contributed by atoms with Crippen molar-refractivity contribution in [3.8, 4) is 11.4 Å². The Balaban J connectivity index is 1.71. The van der Waals surface area contributed by atoms with Crippen LogP contribution in [0, 0.1) is 0 Å². The van der Waals surface area contributed by atoms with Crippen molar-refractivity contribution >= 4 is 29.3 Å². The molecule has 1 N–H and O–H groups in total. The van der Waals surface area contributed by atoms with E-state index >= 15 is 0 Å². The lowest BCUT2D eigenvalue weighted by Gasteiger charge is -2.13. The standard InChI is InChI=1S/C23H20N6O3/c1-28(2)23(31)17-10-6-11-18(14-17)24-22(30)20(15-19-12-7-13-32-19)29-21(25-26-27-29)16-8-4-3-5-9-16/h3-15H,1-2H3,(H,24,30)/b20-15-. The maximum absolute atomic E-state index is 13.3. The summed E-state index contributed by atoms with van der Waals surface area (Å²) in [5.74, 6) is 0.218. The first-order valence-corrected chi connectivity index (χ1v) is 9.75. The number of hydrogen-bond acceptors (Lipinski definition) is 6. The number of carbonyl (C=O) groups excluding carboxylic acids is 2. The predicted molar refractivity (Wildman–Crippen MR) is 119 cm³/mol. The molecule has 0 aliphatic heterocycles. The summed E-state index contributed by atoms with van der Waals surface area (Å²) in [6.45, 7) is 0. The number of rotatable bonds is 6. The normalized spacial score (nSPS) is 11.2. The molecule has 2 aromatic carbocycles. The summed E-state index contributed by atoms with van der Waals surface area (Å²) in [7, 11) is 3.33. The number of tetrazole rings is 1. The van der Waals surface area contributed by atoms with Crippen LogP contribution >= 0.6 is 0 Å². The van der Waals surface area contributed by atoms with E-state index in [1.54, 1.807) is 56.6 Å². The van der Waals surface area contributed by atoms with E-state index in [4.69, 9.17) is 4.42 Å². The third-order valence-corrected chi connectivity index (χ3v) is 4.56. The van der Waals surface area contributed by atoms with E-state index < -0.39 is 5.91 Å². The molecular formula is C23H20N6O3. The molecule has 2 aromatic heterocycles. The van der Waals surface area contributed by atoms with Gasteiger partial charge in [-0.15, -0.1) is 5.10 Å². The number of nitrogens with one attached hydrogen (secondary N) is 1. The zero-order valence-electron chi connectivity index (χ0n) is 17.5. The van der Waals surface area contributed by atoms with Gasteiger partial charge in [-0.05, 0) is 40.8 Å². The van der Waals surface area contributed by atoms with Crippen LogP contribution in [0.15, 0.2) is 77.4 Å². The molecule has 0 atom stereocenters. The zero-order chi connectivity index (χ0) is 22.5. The molecule has 4 rings (SSSR count). The largest absolute Gasteiger partial charge is 0.465 e. The van der Waals surface area contributed by atoms with Crippen LogP contribution in [0.5, 0.6) is 0 Å². The van der Waals surface area contributed by atoms with E-state index in [9.17, 15) is 9.59 Å². The van der Waals surface area contributed by atoms with Gasteiger partial charge in [0.05, 0.1) is 6.26 Å². The fourth-order valence-corrected chi connectivity index (χ4v) is 3.03. The molecule has 0 aliphatic rings. The van der Waals surface area contributed by atoms with Gasteiger partial charge < -0.3 is 14.6 Å². The summed E-state index contributed by atoms with van der Waals surface area (Å²) in [6, 6.07) is 19.4. The van der Waals surface area contributed by atoms with Gasteiger partial charge in [-0.1, -0.05) is 36.4 Å². The van der Waals surface area contributed by atoms with Gasteiger partial charge in [0.25, 0.3) is 11.8 Å². The third-order valence-electron chi connectivity index (χ3n) is 4.56. The van der Waals surface area contributed by atoms with E-state index in [-0.39, 0.29) is 11.6 Å². The average molecular weight is 428 g/mol. The Morgan fingerprint density at radius 3 is 2.56 bits per heavy atom. The second-order valence-electron chi connectivity index (χ2n) is 7.06. The van der Waals surface area contributed by atoms with Crippen LogP contribution in [-0.4, -0.2) is 51.0 Å². The lowest BCUT2D eigenvalue weighted by atomic mass is 10.1. The number of nitrogens with zero attached hydrogens (tertiary/aromatic N) is 5. The Labute approximate surface area is 184 Å². The van der Waals surface area contributed by atoms with E-state index in [1.807, 2.05) is 30.3 Å².